The molecule has 4 nitrogen and oxygen atoms in total. The molecular weight excluding hydrogens is 220 g/mol. The zero-order valence-electron chi connectivity index (χ0n) is 10.3. The molecule has 0 heterocycles. The molecule has 94 valence electrons. The molecule has 0 radical (unpaired) electrons. The predicted molar refractivity (Wildman–Crippen MR) is 65.3 cm³/mol. The average Bonchev–Trinajstić information content (AvgIpc) is 2.28. The number of carbonyl (C=O) groups is 2. The molecule has 0 bridgehead atoms. The largest absolute Gasteiger partial charge is 0.506 e. The van der Waals surface area contributed by atoms with E-state index in [1.165, 1.54) is 0 Å². The van der Waals surface area contributed by atoms with E-state index in [9.17, 15) is 9.59 Å². The molecule has 17 heavy (non-hydrogen) atoms. The van der Waals surface area contributed by atoms with Gasteiger partial charge in [0.1, 0.15) is 0 Å². The van der Waals surface area contributed by atoms with E-state index in [1.54, 1.807) is 13.8 Å². The summed E-state index contributed by atoms with van der Waals surface area (Å²) in [7, 11) is 0. The van der Waals surface area contributed by atoms with Crippen molar-refractivity contribution in [1.82, 2.24) is 0 Å². The minimum Gasteiger partial charge on any atom is -0.450 e. The number of carboxylic acid groups (broad SMARTS) is 1. The van der Waals surface area contributed by atoms with Gasteiger partial charge >= 0.3 is 6.16 Å². The van der Waals surface area contributed by atoms with E-state index < -0.39 is 6.16 Å². The van der Waals surface area contributed by atoms with Gasteiger partial charge in [0.15, 0.2) is 5.78 Å². The lowest BCUT2D eigenvalue weighted by molar-refractivity contribution is 0.0659. The summed E-state index contributed by atoms with van der Waals surface area (Å²) >= 11 is 0. The normalized spacial score (nSPS) is 9.18. The molecule has 1 rings (SSSR count). The molecule has 4 heteroatoms. The van der Waals surface area contributed by atoms with E-state index >= 15 is 0 Å². The lowest BCUT2D eigenvalue weighted by Crippen LogP contribution is -2.07. The molecule has 0 aliphatic carbocycles. The molecule has 0 saturated carbocycles. The fraction of sp³-hybridized carbons (Fsp3) is 0.385. The zero-order chi connectivity index (χ0) is 13.3. The van der Waals surface area contributed by atoms with Crippen LogP contribution in [-0.2, 0) is 4.74 Å². The first-order valence-corrected chi connectivity index (χ1v) is 5.45. The predicted octanol–water partition coefficient (Wildman–Crippen LogP) is 3.37. The molecule has 0 unspecified atom stereocenters. The van der Waals surface area contributed by atoms with E-state index in [0.717, 1.165) is 5.56 Å². The highest BCUT2D eigenvalue weighted by atomic mass is 16.7. The average molecular weight is 238 g/mol. The third-order valence-corrected chi connectivity index (χ3v) is 1.75. The zero-order valence-corrected chi connectivity index (χ0v) is 10.3. The van der Waals surface area contributed by atoms with Crippen LogP contribution >= 0.6 is 0 Å². The van der Waals surface area contributed by atoms with Crippen molar-refractivity contribution in [2.24, 2.45) is 0 Å². The third kappa shape index (κ3) is 8.02. The first-order valence-electron chi connectivity index (χ1n) is 5.45. The first kappa shape index (κ1) is 15.2. The fourth-order valence-corrected chi connectivity index (χ4v) is 1.03. The van der Waals surface area contributed by atoms with Crippen molar-refractivity contribution in [3.05, 3.63) is 35.9 Å². The summed E-state index contributed by atoms with van der Waals surface area (Å²) in [6, 6.07) is 9.34. The summed E-state index contributed by atoms with van der Waals surface area (Å²) in [5.41, 5.74) is 0.810. The Morgan fingerprint density at radius 3 is 2.06 bits per heavy atom. The van der Waals surface area contributed by atoms with Gasteiger partial charge in [-0.15, -0.1) is 0 Å². The fourth-order valence-electron chi connectivity index (χ4n) is 1.03. The number of hydrogen-bond donors (Lipinski definition) is 1. The lowest BCUT2D eigenvalue weighted by Gasteiger charge is -1.99. The molecule has 0 amide bonds. The summed E-state index contributed by atoms with van der Waals surface area (Å²) < 4.78 is 4.17. The van der Waals surface area contributed by atoms with Gasteiger partial charge in [-0.25, -0.2) is 4.79 Å². The summed E-state index contributed by atoms with van der Waals surface area (Å²) in [6.07, 6.45) is -0.850. The summed E-state index contributed by atoms with van der Waals surface area (Å²) in [5, 5.41) is 7.86. The highest BCUT2D eigenvalue weighted by Gasteiger charge is 1.98. The minimum atomic E-state index is -1.21. The Hall–Kier alpha value is -1.84. The number of benzene rings is 1. The van der Waals surface area contributed by atoms with Crippen LogP contribution in [0.1, 0.15) is 37.6 Å². The molecule has 0 atom stereocenters. The second kappa shape index (κ2) is 8.33. The molecule has 0 saturated heterocycles. The Balaban J connectivity index is 0.000000325. The molecule has 1 aromatic carbocycles. The van der Waals surface area contributed by atoms with Crippen molar-refractivity contribution in [3.63, 3.8) is 0 Å². The number of Topliss-reactive ketones (excluding diaryl/α,β-unsaturated/α-hetero) is 1. The number of rotatable bonds is 3. The maximum absolute atomic E-state index is 11.0. The van der Waals surface area contributed by atoms with Gasteiger partial charge < -0.3 is 9.84 Å². The van der Waals surface area contributed by atoms with Crippen LogP contribution in [0.25, 0.3) is 0 Å². The van der Waals surface area contributed by atoms with Crippen LogP contribution in [0.5, 0.6) is 0 Å². The Morgan fingerprint density at radius 2 is 1.76 bits per heavy atom. The van der Waals surface area contributed by atoms with Crippen molar-refractivity contribution < 1.29 is 19.4 Å². The quantitative estimate of drug-likeness (QED) is 0.647. The Labute approximate surface area is 101 Å². The van der Waals surface area contributed by atoms with Gasteiger partial charge in [0.2, 0.25) is 0 Å². The number of hydrogen-bond acceptors (Lipinski definition) is 3. The van der Waals surface area contributed by atoms with Gasteiger partial charge in [0.05, 0.1) is 6.10 Å². The number of ether oxygens (including phenoxy) is 1. The van der Waals surface area contributed by atoms with Gasteiger partial charge in [-0.1, -0.05) is 37.3 Å². The topological polar surface area (TPSA) is 63.6 Å². The number of ketones is 1. The van der Waals surface area contributed by atoms with Crippen LogP contribution in [0.2, 0.25) is 0 Å². The van der Waals surface area contributed by atoms with Gasteiger partial charge in [-0.3, -0.25) is 4.79 Å². The number of carbonyl (C=O) groups excluding carboxylic acids is 1. The Bertz CT molecular complexity index is 344. The van der Waals surface area contributed by atoms with E-state index in [-0.39, 0.29) is 11.9 Å². The van der Waals surface area contributed by atoms with Gasteiger partial charge in [0, 0.05) is 12.0 Å². The summed E-state index contributed by atoms with van der Waals surface area (Å²) in [5.74, 6) is 0.209. The Morgan fingerprint density at radius 1 is 1.24 bits per heavy atom. The Kier molecular flexibility index (Phi) is 7.43. The van der Waals surface area contributed by atoms with Gasteiger partial charge in [0.25, 0.3) is 0 Å². The SMILES string of the molecule is CC(C)OC(=O)O.CCC(=O)c1ccccc1. The maximum Gasteiger partial charge on any atom is 0.506 e. The van der Waals surface area contributed by atoms with E-state index in [2.05, 4.69) is 4.74 Å². The van der Waals surface area contributed by atoms with Crippen LogP contribution in [0.3, 0.4) is 0 Å². The van der Waals surface area contributed by atoms with Crippen molar-refractivity contribution in [2.45, 2.75) is 33.3 Å². The highest BCUT2D eigenvalue weighted by molar-refractivity contribution is 5.95. The second-order valence-corrected chi connectivity index (χ2v) is 3.58. The molecule has 1 N–H and O–H groups in total. The van der Waals surface area contributed by atoms with Crippen molar-refractivity contribution >= 4 is 11.9 Å². The maximum atomic E-state index is 11.0. The highest BCUT2D eigenvalue weighted by Crippen LogP contribution is 2.01. The standard InChI is InChI=1S/C9H10O.C4H8O3/c1-2-9(10)8-6-4-3-5-7-8;1-3(2)7-4(5)6/h3-7H,2H2,1H3;3H,1-2H3,(H,5,6). The second-order valence-electron chi connectivity index (χ2n) is 3.58. The van der Waals surface area contributed by atoms with E-state index in [0.29, 0.717) is 6.42 Å². The lowest BCUT2D eigenvalue weighted by atomic mass is 10.1. The van der Waals surface area contributed by atoms with Gasteiger partial charge in [-0.05, 0) is 13.8 Å². The van der Waals surface area contributed by atoms with Crippen LogP contribution in [0.15, 0.2) is 30.3 Å². The molecule has 0 spiro atoms. The summed E-state index contributed by atoms with van der Waals surface area (Å²) in [4.78, 5) is 20.6. The van der Waals surface area contributed by atoms with Crippen molar-refractivity contribution in [2.75, 3.05) is 0 Å². The molecule has 0 aromatic heterocycles. The molecule has 0 aliphatic heterocycles. The van der Waals surface area contributed by atoms with Crippen LogP contribution in [0.4, 0.5) is 4.79 Å². The molecule has 1 aromatic rings. The smallest absolute Gasteiger partial charge is 0.450 e. The van der Waals surface area contributed by atoms with Crippen molar-refractivity contribution in [1.29, 1.82) is 0 Å². The van der Waals surface area contributed by atoms with Crippen LogP contribution in [0, 0.1) is 0 Å². The van der Waals surface area contributed by atoms with E-state index in [1.807, 2.05) is 37.3 Å². The van der Waals surface area contributed by atoms with Crippen LogP contribution < -0.4 is 0 Å². The molecule has 0 aliphatic rings. The summed E-state index contributed by atoms with van der Waals surface area (Å²) in [6.45, 7) is 5.19. The van der Waals surface area contributed by atoms with Crippen LogP contribution in [-0.4, -0.2) is 23.1 Å². The van der Waals surface area contributed by atoms with Crippen molar-refractivity contribution in [3.8, 4) is 0 Å². The van der Waals surface area contributed by atoms with E-state index in [4.69, 9.17) is 5.11 Å². The third-order valence-electron chi connectivity index (χ3n) is 1.75. The first-order chi connectivity index (χ1) is 7.97. The monoisotopic (exact) mass is 238 g/mol. The minimum absolute atomic E-state index is 0.209. The molecule has 0 fully saturated rings. The molecular formula is C13H18O4. The van der Waals surface area contributed by atoms with Gasteiger partial charge in [-0.2, -0.15) is 0 Å².